The summed E-state index contributed by atoms with van der Waals surface area (Å²) in [6, 6.07) is -2.95. The van der Waals surface area contributed by atoms with E-state index in [0.717, 1.165) is 0 Å². The minimum absolute atomic E-state index is 0.815. The molecule has 31 atom stereocenters. The molecule has 7 rings (SSSR count). The zero-order chi connectivity index (χ0) is 49.8. The molecule has 68 heavy (non-hydrogen) atoms. The SMILES string of the molecule is OCC1OC(OC2C(O)C(O)C(NC3C(CO)OC(OC4C(CO)OC(OC5C(CO)OC(OC6C(CO)OC(O)C(O)C6O)C(O)C5O)C(O)C4O)C(O)C3O)C3OC23CO)C(O)C(O)C1O. The van der Waals surface area contributed by atoms with Crippen molar-refractivity contribution in [3.8, 4) is 0 Å². The van der Waals surface area contributed by atoms with Crippen LogP contribution in [-0.4, -0.2) is 331 Å². The fourth-order valence-electron chi connectivity index (χ4n) is 9.59. The first kappa shape index (κ1) is 54.5. The van der Waals surface area contributed by atoms with E-state index in [4.69, 9.17) is 47.4 Å². The first-order valence-corrected chi connectivity index (χ1v) is 21.7. The fourth-order valence-corrected chi connectivity index (χ4v) is 9.59. The summed E-state index contributed by atoms with van der Waals surface area (Å²) < 4.78 is 55.5. The summed E-state index contributed by atoms with van der Waals surface area (Å²) in [5, 5.41) is 214. The van der Waals surface area contributed by atoms with E-state index in [2.05, 4.69) is 5.32 Å². The van der Waals surface area contributed by atoms with Crippen molar-refractivity contribution >= 4 is 0 Å². The molecular weight excluding hydrogens is 938 g/mol. The smallest absolute Gasteiger partial charge is 0.187 e. The number of aliphatic hydroxyl groups excluding tert-OH is 20. The van der Waals surface area contributed by atoms with Crippen LogP contribution in [-0.2, 0) is 47.4 Å². The van der Waals surface area contributed by atoms with E-state index in [0.29, 0.717) is 0 Å². The number of hydrogen-bond donors (Lipinski definition) is 21. The van der Waals surface area contributed by atoms with Gasteiger partial charge >= 0.3 is 0 Å². The van der Waals surface area contributed by atoms with E-state index in [1.54, 1.807) is 0 Å². The molecule has 1 saturated carbocycles. The molecule has 6 saturated heterocycles. The molecule has 6 heterocycles. The van der Waals surface area contributed by atoms with Crippen LogP contribution < -0.4 is 5.32 Å². The normalized spacial score (nSPS) is 55.4. The molecule has 31 unspecified atom stereocenters. The molecule has 0 amide bonds. The lowest BCUT2D eigenvalue weighted by Gasteiger charge is -2.49. The van der Waals surface area contributed by atoms with Crippen LogP contribution in [0.2, 0.25) is 0 Å². The van der Waals surface area contributed by atoms with Gasteiger partial charge in [-0.1, -0.05) is 0 Å². The van der Waals surface area contributed by atoms with E-state index >= 15 is 0 Å². The lowest BCUT2D eigenvalue weighted by molar-refractivity contribution is -0.386. The Kier molecular flexibility index (Phi) is 17.7. The Bertz CT molecular complexity index is 1610. The molecule has 21 N–H and O–H groups in total. The molecule has 7 aliphatic rings. The monoisotopic (exact) mass is 1000 g/mol. The lowest BCUT2D eigenvalue weighted by Crippen LogP contribution is -2.72. The second-order valence-corrected chi connectivity index (χ2v) is 17.8. The topological polar surface area (TPSA) is 512 Å². The van der Waals surface area contributed by atoms with Crippen molar-refractivity contribution in [2.75, 3.05) is 39.6 Å². The average Bonchev–Trinajstić information content (AvgIpc) is 4.08. The van der Waals surface area contributed by atoms with Gasteiger partial charge in [-0.2, -0.15) is 0 Å². The van der Waals surface area contributed by atoms with E-state index in [1.807, 2.05) is 0 Å². The van der Waals surface area contributed by atoms with Gasteiger partial charge in [0.05, 0.1) is 51.7 Å². The van der Waals surface area contributed by atoms with Crippen LogP contribution >= 0.6 is 0 Å². The number of nitrogens with one attached hydrogen (secondary N) is 1. The van der Waals surface area contributed by atoms with Crippen molar-refractivity contribution in [1.29, 1.82) is 0 Å². The van der Waals surface area contributed by atoms with E-state index in [9.17, 15) is 102 Å². The third-order valence-electron chi connectivity index (χ3n) is 13.6. The maximum atomic E-state index is 11.4. The van der Waals surface area contributed by atoms with Gasteiger partial charge in [-0.05, 0) is 0 Å². The van der Waals surface area contributed by atoms with Gasteiger partial charge in [0.15, 0.2) is 31.5 Å². The zero-order valence-corrected chi connectivity index (χ0v) is 35.6. The third-order valence-corrected chi connectivity index (χ3v) is 13.6. The van der Waals surface area contributed by atoms with Crippen molar-refractivity contribution in [1.82, 2.24) is 5.32 Å². The molecule has 0 aromatic heterocycles. The minimum Gasteiger partial charge on any atom is -0.394 e. The number of hydrogen-bond acceptors (Lipinski definition) is 31. The van der Waals surface area contributed by atoms with Gasteiger partial charge in [0, 0.05) is 0 Å². The molecule has 0 spiro atoms. The molecule has 31 nitrogen and oxygen atoms in total. The van der Waals surface area contributed by atoms with Gasteiger partial charge < -0.3 is 155 Å². The van der Waals surface area contributed by atoms with Gasteiger partial charge in [-0.3, -0.25) is 0 Å². The van der Waals surface area contributed by atoms with Crippen LogP contribution in [0.15, 0.2) is 0 Å². The predicted octanol–water partition coefficient (Wildman–Crippen LogP) is -14.7. The Morgan fingerprint density at radius 1 is 0.353 bits per heavy atom. The molecule has 31 heteroatoms. The molecule has 6 aliphatic heterocycles. The lowest BCUT2D eigenvalue weighted by atomic mass is 9.78. The maximum Gasteiger partial charge on any atom is 0.187 e. The van der Waals surface area contributed by atoms with Crippen molar-refractivity contribution in [3.05, 3.63) is 0 Å². The Balaban J connectivity index is 0.975. The van der Waals surface area contributed by atoms with Crippen LogP contribution in [0.1, 0.15) is 0 Å². The molecule has 0 aromatic carbocycles. The summed E-state index contributed by atoms with van der Waals surface area (Å²) in [5.74, 6) is 0. The summed E-state index contributed by atoms with van der Waals surface area (Å²) in [5.41, 5.74) is -1.83. The Labute approximate surface area is 383 Å². The van der Waals surface area contributed by atoms with Crippen LogP contribution in [0, 0.1) is 0 Å². The molecule has 0 radical (unpaired) electrons. The van der Waals surface area contributed by atoms with Crippen LogP contribution in [0.5, 0.6) is 0 Å². The molecular formula is C37H63NO30. The Morgan fingerprint density at radius 3 is 1.21 bits per heavy atom. The minimum atomic E-state index is -2.15. The first-order valence-electron chi connectivity index (χ1n) is 21.7. The second-order valence-electron chi connectivity index (χ2n) is 17.8. The third kappa shape index (κ3) is 9.94. The first-order chi connectivity index (χ1) is 32.2. The largest absolute Gasteiger partial charge is 0.394 e. The standard InChI is InChI=1S/C37H63NO30/c39-1-7-12(38-13-16(47)21(52)31(37(6-44)30(13)68-37)67-36-24(55)17(48)14(45)8(2-40)61-36)15(46)23(54)33(60-7)65-28-10(4-42)63-35(26(57)19(28)50)66-29-11(5-43)62-34(25(56)20(29)51)64-27-9(3-41)59-32(58)22(53)18(27)49/h7-36,38-58H,1-6H2. The van der Waals surface area contributed by atoms with Crippen molar-refractivity contribution < 1.29 is 149 Å². The molecule has 396 valence electrons. The number of fused-ring (bicyclic) bond motifs is 1. The number of epoxide rings is 1. The van der Waals surface area contributed by atoms with Crippen LogP contribution in [0.3, 0.4) is 0 Å². The van der Waals surface area contributed by atoms with Gasteiger partial charge in [0.1, 0.15) is 146 Å². The summed E-state index contributed by atoms with van der Waals surface area (Å²) in [7, 11) is 0. The van der Waals surface area contributed by atoms with Gasteiger partial charge in [0.2, 0.25) is 0 Å². The van der Waals surface area contributed by atoms with E-state index < -0.39 is 229 Å². The summed E-state index contributed by atoms with van der Waals surface area (Å²) in [6.45, 7) is -5.46. The Morgan fingerprint density at radius 2 is 0.735 bits per heavy atom. The number of aliphatic hydroxyl groups is 20. The highest BCUT2D eigenvalue weighted by Gasteiger charge is 2.73. The fraction of sp³-hybridized carbons (Fsp3) is 1.00. The molecule has 0 aromatic rings. The average molecular weight is 1000 g/mol. The summed E-state index contributed by atoms with van der Waals surface area (Å²) in [6.07, 6.45) is -51.3. The second kappa shape index (κ2) is 22.1. The van der Waals surface area contributed by atoms with Gasteiger partial charge in [0.25, 0.3) is 0 Å². The molecule has 0 bridgehead atoms. The zero-order valence-electron chi connectivity index (χ0n) is 35.6. The number of rotatable bonds is 16. The molecule has 7 fully saturated rings. The highest BCUT2D eigenvalue weighted by Crippen LogP contribution is 2.50. The Hall–Kier alpha value is -1.24. The summed E-state index contributed by atoms with van der Waals surface area (Å²) in [4.78, 5) is 0. The van der Waals surface area contributed by atoms with E-state index in [-0.39, 0.29) is 0 Å². The van der Waals surface area contributed by atoms with Gasteiger partial charge in [-0.15, -0.1) is 0 Å². The highest BCUT2D eigenvalue weighted by molar-refractivity contribution is 5.23. The van der Waals surface area contributed by atoms with Crippen molar-refractivity contribution in [2.45, 2.75) is 190 Å². The van der Waals surface area contributed by atoms with Crippen LogP contribution in [0.25, 0.3) is 0 Å². The number of ether oxygens (including phenoxy) is 10. The molecule has 1 aliphatic carbocycles. The van der Waals surface area contributed by atoms with Crippen molar-refractivity contribution in [3.63, 3.8) is 0 Å². The quantitative estimate of drug-likeness (QED) is 0.0638. The predicted molar refractivity (Wildman–Crippen MR) is 204 cm³/mol. The van der Waals surface area contributed by atoms with Gasteiger partial charge in [-0.25, -0.2) is 0 Å². The summed E-state index contributed by atoms with van der Waals surface area (Å²) >= 11 is 0. The van der Waals surface area contributed by atoms with Crippen molar-refractivity contribution in [2.24, 2.45) is 0 Å². The maximum absolute atomic E-state index is 11.4. The van der Waals surface area contributed by atoms with Crippen LogP contribution in [0.4, 0.5) is 0 Å². The van der Waals surface area contributed by atoms with E-state index in [1.165, 1.54) is 0 Å². The highest BCUT2D eigenvalue weighted by atomic mass is 16.8.